The lowest BCUT2D eigenvalue weighted by Gasteiger charge is -2.17. The summed E-state index contributed by atoms with van der Waals surface area (Å²) in [5.41, 5.74) is -1.62. The van der Waals surface area contributed by atoms with Gasteiger partial charge in [0.05, 0.1) is 11.5 Å². The first-order chi connectivity index (χ1) is 8.53. The van der Waals surface area contributed by atoms with E-state index in [2.05, 4.69) is 0 Å². The highest BCUT2D eigenvalue weighted by molar-refractivity contribution is 5.79. The van der Waals surface area contributed by atoms with Crippen molar-refractivity contribution in [2.75, 3.05) is 0 Å². The fourth-order valence-corrected chi connectivity index (χ4v) is 3.09. The van der Waals surface area contributed by atoms with Crippen LogP contribution in [-0.2, 0) is 16.4 Å². The van der Waals surface area contributed by atoms with E-state index in [1.165, 1.54) is 6.07 Å². The van der Waals surface area contributed by atoms with Crippen LogP contribution in [-0.4, -0.2) is 11.1 Å². The van der Waals surface area contributed by atoms with Crippen molar-refractivity contribution in [3.8, 4) is 0 Å². The molecular weight excluding hydrogens is 257 g/mol. The molecule has 2 unspecified atom stereocenters. The summed E-state index contributed by atoms with van der Waals surface area (Å²) in [6.07, 6.45) is -4.41. The molecule has 5 heteroatoms. The number of rotatable bonds is 2. The fraction of sp³-hybridized carbons (Fsp3) is 0.500. The number of hydrogen-bond donors (Lipinski definition) is 1. The zero-order chi connectivity index (χ0) is 14.6. The number of halogens is 3. The molecule has 1 N–H and O–H groups in total. The number of alkyl halides is 3. The number of aliphatic carboxylic acids is 1. The first-order valence-electron chi connectivity index (χ1n) is 5.93. The Morgan fingerprint density at radius 3 is 2.26 bits per heavy atom. The van der Waals surface area contributed by atoms with Crippen LogP contribution < -0.4 is 0 Å². The Morgan fingerprint density at radius 1 is 1.26 bits per heavy atom. The lowest BCUT2D eigenvalue weighted by Crippen LogP contribution is -2.14. The molecule has 0 aromatic heterocycles. The molecule has 0 amide bonds. The summed E-state index contributed by atoms with van der Waals surface area (Å²) >= 11 is 0. The van der Waals surface area contributed by atoms with Crippen LogP contribution in [0.4, 0.5) is 13.2 Å². The third-order valence-corrected chi connectivity index (χ3v) is 4.59. The van der Waals surface area contributed by atoms with E-state index in [0.717, 1.165) is 12.1 Å². The van der Waals surface area contributed by atoms with Gasteiger partial charge in [-0.3, -0.25) is 4.79 Å². The van der Waals surface area contributed by atoms with E-state index in [1.807, 2.05) is 0 Å². The molecule has 1 fully saturated rings. The zero-order valence-corrected chi connectivity index (χ0v) is 10.9. The summed E-state index contributed by atoms with van der Waals surface area (Å²) in [5, 5.41) is 9.19. The average Bonchev–Trinajstić information content (AvgIpc) is 2.73. The van der Waals surface area contributed by atoms with Gasteiger partial charge in [0.15, 0.2) is 0 Å². The van der Waals surface area contributed by atoms with Crippen molar-refractivity contribution in [1.82, 2.24) is 0 Å². The van der Waals surface area contributed by atoms with Gasteiger partial charge < -0.3 is 5.11 Å². The molecule has 1 aliphatic carbocycles. The second kappa shape index (κ2) is 3.74. The van der Waals surface area contributed by atoms with Gasteiger partial charge in [-0.25, -0.2) is 0 Å². The first-order valence-corrected chi connectivity index (χ1v) is 5.93. The molecule has 2 atom stereocenters. The van der Waals surface area contributed by atoms with E-state index < -0.39 is 34.5 Å². The molecule has 2 nitrogen and oxygen atoms in total. The lowest BCUT2D eigenvalue weighted by atomic mass is 9.88. The molecule has 0 bridgehead atoms. The van der Waals surface area contributed by atoms with Crippen molar-refractivity contribution < 1.29 is 23.1 Å². The summed E-state index contributed by atoms with van der Waals surface area (Å²) in [6, 6.07) is 4.96. The number of benzene rings is 1. The standard InChI is InChI=1S/C14H15F3O2/c1-12(2)10(11(18)19)13(12,3)8-5-4-6-9(7-8)14(15,16)17/h4-7,10H,1-3H3,(H,18,19). The fourth-order valence-electron chi connectivity index (χ4n) is 3.09. The molecule has 0 aliphatic heterocycles. The molecule has 1 aromatic carbocycles. The van der Waals surface area contributed by atoms with Crippen molar-refractivity contribution in [3.05, 3.63) is 35.4 Å². The van der Waals surface area contributed by atoms with Gasteiger partial charge in [-0.2, -0.15) is 13.2 Å². The van der Waals surface area contributed by atoms with E-state index in [-0.39, 0.29) is 0 Å². The predicted octanol–water partition coefficient (Wildman–Crippen LogP) is 3.70. The minimum absolute atomic E-state index is 0.430. The van der Waals surface area contributed by atoms with Gasteiger partial charge in [-0.15, -0.1) is 0 Å². The van der Waals surface area contributed by atoms with E-state index in [4.69, 9.17) is 0 Å². The maximum absolute atomic E-state index is 12.7. The van der Waals surface area contributed by atoms with Gasteiger partial charge in [-0.1, -0.05) is 39.0 Å². The summed E-state index contributed by atoms with van der Waals surface area (Å²) in [4.78, 5) is 11.2. The third-order valence-electron chi connectivity index (χ3n) is 4.59. The van der Waals surface area contributed by atoms with Crippen LogP contribution in [0.15, 0.2) is 24.3 Å². The number of hydrogen-bond acceptors (Lipinski definition) is 1. The maximum Gasteiger partial charge on any atom is 0.416 e. The Morgan fingerprint density at radius 2 is 1.84 bits per heavy atom. The maximum atomic E-state index is 12.7. The Bertz CT molecular complexity index is 534. The van der Waals surface area contributed by atoms with Gasteiger partial charge in [0.1, 0.15) is 0 Å². The predicted molar refractivity (Wildman–Crippen MR) is 63.7 cm³/mol. The quantitative estimate of drug-likeness (QED) is 0.891. The van der Waals surface area contributed by atoms with Crippen molar-refractivity contribution in [2.45, 2.75) is 32.4 Å². The van der Waals surface area contributed by atoms with E-state index in [1.54, 1.807) is 26.8 Å². The number of carboxylic acids is 1. The summed E-state index contributed by atoms with van der Waals surface area (Å²) in [6.45, 7) is 5.25. The highest BCUT2D eigenvalue weighted by Gasteiger charge is 2.72. The Kier molecular flexibility index (Phi) is 2.74. The van der Waals surface area contributed by atoms with E-state index in [9.17, 15) is 23.1 Å². The lowest BCUT2D eigenvalue weighted by molar-refractivity contribution is -0.139. The first kappa shape index (κ1) is 13.9. The van der Waals surface area contributed by atoms with Crippen molar-refractivity contribution >= 4 is 5.97 Å². The summed E-state index contributed by atoms with van der Waals surface area (Å²) < 4.78 is 38.1. The van der Waals surface area contributed by atoms with Crippen LogP contribution in [0.5, 0.6) is 0 Å². The smallest absolute Gasteiger partial charge is 0.416 e. The molecule has 1 aromatic rings. The van der Waals surface area contributed by atoms with E-state index in [0.29, 0.717) is 5.56 Å². The van der Waals surface area contributed by atoms with Crippen molar-refractivity contribution in [3.63, 3.8) is 0 Å². The van der Waals surface area contributed by atoms with Gasteiger partial charge >= 0.3 is 12.1 Å². The van der Waals surface area contributed by atoms with Crippen LogP contribution >= 0.6 is 0 Å². The van der Waals surface area contributed by atoms with Crippen LogP contribution in [0.25, 0.3) is 0 Å². The number of carbonyl (C=O) groups is 1. The monoisotopic (exact) mass is 272 g/mol. The van der Waals surface area contributed by atoms with Gasteiger partial charge in [0.25, 0.3) is 0 Å². The van der Waals surface area contributed by atoms with Crippen molar-refractivity contribution in [2.24, 2.45) is 11.3 Å². The molecule has 104 valence electrons. The second-order valence-corrected chi connectivity index (χ2v) is 5.77. The molecule has 0 spiro atoms. The number of carboxylic acid groups (broad SMARTS) is 1. The second-order valence-electron chi connectivity index (χ2n) is 5.77. The van der Waals surface area contributed by atoms with Crippen LogP contribution in [0.3, 0.4) is 0 Å². The Hall–Kier alpha value is -1.52. The van der Waals surface area contributed by atoms with Gasteiger partial charge in [0.2, 0.25) is 0 Å². The molecule has 0 radical (unpaired) electrons. The summed E-state index contributed by atoms with van der Waals surface area (Å²) in [7, 11) is 0. The molecule has 2 rings (SSSR count). The van der Waals surface area contributed by atoms with Crippen molar-refractivity contribution in [1.29, 1.82) is 0 Å². The molecule has 0 saturated heterocycles. The molecule has 1 aliphatic rings. The average molecular weight is 272 g/mol. The topological polar surface area (TPSA) is 37.3 Å². The molecule has 19 heavy (non-hydrogen) atoms. The van der Waals surface area contributed by atoms with Crippen LogP contribution in [0.1, 0.15) is 31.9 Å². The van der Waals surface area contributed by atoms with Gasteiger partial charge in [0, 0.05) is 5.41 Å². The molecule has 1 saturated carbocycles. The highest BCUT2D eigenvalue weighted by atomic mass is 19.4. The zero-order valence-electron chi connectivity index (χ0n) is 10.9. The van der Waals surface area contributed by atoms with Crippen LogP contribution in [0.2, 0.25) is 0 Å². The van der Waals surface area contributed by atoms with E-state index >= 15 is 0 Å². The minimum Gasteiger partial charge on any atom is -0.481 e. The van der Waals surface area contributed by atoms with Crippen LogP contribution in [0, 0.1) is 11.3 Å². The molecule has 0 heterocycles. The normalized spacial score (nSPS) is 29.1. The summed E-state index contributed by atoms with van der Waals surface area (Å²) in [5.74, 6) is -1.63. The molecular formula is C14H15F3O2. The largest absolute Gasteiger partial charge is 0.481 e. The Balaban J connectivity index is 2.47. The minimum atomic E-state index is -4.41. The Labute approximate surface area is 109 Å². The SMILES string of the molecule is CC1(C)C(C(=O)O)C1(C)c1cccc(C(F)(F)F)c1. The van der Waals surface area contributed by atoms with Gasteiger partial charge in [-0.05, 0) is 17.0 Å². The third kappa shape index (κ3) is 1.83. The highest BCUT2D eigenvalue weighted by Crippen LogP contribution is 2.69.